The van der Waals surface area contributed by atoms with Crippen LogP contribution in [0.1, 0.15) is 23.6 Å². The zero-order valence-electron chi connectivity index (χ0n) is 11.5. The number of carbonyl (C=O) groups is 1. The van der Waals surface area contributed by atoms with E-state index in [2.05, 4.69) is 0 Å². The predicted molar refractivity (Wildman–Crippen MR) is 78.9 cm³/mol. The molecule has 1 N–H and O–H groups in total. The molecule has 0 saturated heterocycles. The minimum absolute atomic E-state index is 0.359. The Balaban J connectivity index is 2.03. The standard InChI is InChI=1S/C17H16FNO2/c18-14-9-7-13(8-10-14)16(17(20)21)19-11-3-5-12-4-1-2-6-15(12)19/h1-2,4,6-10,16H,3,5,11H2,(H,20,21). The summed E-state index contributed by atoms with van der Waals surface area (Å²) in [6.45, 7) is 0.686. The summed E-state index contributed by atoms with van der Waals surface area (Å²) in [5, 5.41) is 9.64. The van der Waals surface area contributed by atoms with Crippen molar-refractivity contribution in [1.29, 1.82) is 0 Å². The molecule has 0 bridgehead atoms. The van der Waals surface area contributed by atoms with E-state index in [1.54, 1.807) is 12.1 Å². The summed E-state index contributed by atoms with van der Waals surface area (Å²) in [6, 6.07) is 12.8. The first-order valence-corrected chi connectivity index (χ1v) is 6.99. The summed E-state index contributed by atoms with van der Waals surface area (Å²) in [5.74, 6) is -1.28. The molecule has 0 amide bonds. The van der Waals surface area contributed by atoms with E-state index in [0.29, 0.717) is 12.1 Å². The predicted octanol–water partition coefficient (Wildman–Crippen LogP) is 3.40. The van der Waals surface area contributed by atoms with E-state index < -0.39 is 12.0 Å². The Labute approximate surface area is 122 Å². The normalized spacial score (nSPS) is 15.4. The topological polar surface area (TPSA) is 40.5 Å². The van der Waals surface area contributed by atoms with Crippen molar-refractivity contribution in [3.63, 3.8) is 0 Å². The van der Waals surface area contributed by atoms with Crippen molar-refractivity contribution < 1.29 is 14.3 Å². The summed E-state index contributed by atoms with van der Waals surface area (Å²) in [5.41, 5.74) is 2.72. The molecule has 21 heavy (non-hydrogen) atoms. The quantitative estimate of drug-likeness (QED) is 0.939. The molecule has 1 unspecified atom stereocenters. The lowest BCUT2D eigenvalue weighted by atomic mass is 9.97. The van der Waals surface area contributed by atoms with Gasteiger partial charge in [0.2, 0.25) is 0 Å². The number of nitrogens with zero attached hydrogens (tertiary/aromatic N) is 1. The van der Waals surface area contributed by atoms with Crippen LogP contribution in [0, 0.1) is 5.82 Å². The number of hydrogen-bond donors (Lipinski definition) is 1. The highest BCUT2D eigenvalue weighted by atomic mass is 19.1. The molecule has 0 aromatic heterocycles. The lowest BCUT2D eigenvalue weighted by molar-refractivity contribution is -0.138. The SMILES string of the molecule is O=C(O)C(c1ccc(F)cc1)N1CCCc2ccccc21. The van der Waals surface area contributed by atoms with Crippen LogP contribution in [0.2, 0.25) is 0 Å². The maximum atomic E-state index is 13.1. The van der Waals surface area contributed by atoms with Crippen molar-refractivity contribution in [1.82, 2.24) is 0 Å². The minimum atomic E-state index is -0.918. The van der Waals surface area contributed by atoms with E-state index in [0.717, 1.165) is 24.1 Å². The molecule has 1 atom stereocenters. The molecule has 0 spiro atoms. The molecule has 0 radical (unpaired) electrons. The van der Waals surface area contributed by atoms with Crippen molar-refractivity contribution in [2.75, 3.05) is 11.4 Å². The zero-order valence-corrected chi connectivity index (χ0v) is 11.5. The first kappa shape index (κ1) is 13.6. The fourth-order valence-electron chi connectivity index (χ4n) is 2.93. The van der Waals surface area contributed by atoms with Gasteiger partial charge in [0.05, 0.1) is 0 Å². The first-order chi connectivity index (χ1) is 10.2. The Bertz CT molecular complexity index is 654. The maximum absolute atomic E-state index is 13.1. The van der Waals surface area contributed by atoms with Gasteiger partial charge in [0, 0.05) is 12.2 Å². The van der Waals surface area contributed by atoms with Gasteiger partial charge in [0.1, 0.15) is 5.82 Å². The van der Waals surface area contributed by atoms with Gasteiger partial charge in [0.15, 0.2) is 6.04 Å². The fourth-order valence-corrected chi connectivity index (χ4v) is 2.93. The molecular weight excluding hydrogens is 269 g/mol. The average Bonchev–Trinajstić information content (AvgIpc) is 2.49. The molecule has 1 aliphatic heterocycles. The highest BCUT2D eigenvalue weighted by molar-refractivity contribution is 5.81. The molecule has 2 aromatic rings. The molecule has 108 valence electrons. The minimum Gasteiger partial charge on any atom is -0.479 e. The average molecular weight is 285 g/mol. The van der Waals surface area contributed by atoms with Crippen molar-refractivity contribution in [3.8, 4) is 0 Å². The molecule has 0 aliphatic carbocycles. The molecule has 2 aromatic carbocycles. The second-order valence-corrected chi connectivity index (χ2v) is 5.22. The lowest BCUT2D eigenvalue weighted by Gasteiger charge is -2.36. The summed E-state index contributed by atoms with van der Waals surface area (Å²) in [7, 11) is 0. The Hall–Kier alpha value is -2.36. The fraction of sp³-hybridized carbons (Fsp3) is 0.235. The number of fused-ring (bicyclic) bond motifs is 1. The number of carboxylic acids is 1. The largest absolute Gasteiger partial charge is 0.479 e. The van der Waals surface area contributed by atoms with E-state index in [9.17, 15) is 14.3 Å². The molecule has 3 nitrogen and oxygen atoms in total. The van der Waals surface area contributed by atoms with Crippen LogP contribution in [0.3, 0.4) is 0 Å². The molecule has 3 rings (SSSR count). The van der Waals surface area contributed by atoms with E-state index in [-0.39, 0.29) is 5.82 Å². The zero-order chi connectivity index (χ0) is 14.8. The second kappa shape index (κ2) is 5.56. The van der Waals surface area contributed by atoms with Crippen LogP contribution >= 0.6 is 0 Å². The van der Waals surface area contributed by atoms with E-state index >= 15 is 0 Å². The van der Waals surface area contributed by atoms with Crippen LogP contribution in [0.4, 0.5) is 10.1 Å². The van der Waals surface area contributed by atoms with Crippen LogP contribution < -0.4 is 4.90 Å². The van der Waals surface area contributed by atoms with Crippen LogP contribution in [0.15, 0.2) is 48.5 Å². The maximum Gasteiger partial charge on any atom is 0.331 e. The van der Waals surface area contributed by atoms with Crippen molar-refractivity contribution in [2.45, 2.75) is 18.9 Å². The molecule has 0 fully saturated rings. The second-order valence-electron chi connectivity index (χ2n) is 5.22. The molecule has 0 saturated carbocycles. The van der Waals surface area contributed by atoms with Crippen molar-refractivity contribution in [2.24, 2.45) is 0 Å². The Kier molecular flexibility index (Phi) is 3.60. The van der Waals surface area contributed by atoms with Gasteiger partial charge in [-0.1, -0.05) is 30.3 Å². The highest BCUT2D eigenvalue weighted by Crippen LogP contribution is 2.34. The summed E-state index contributed by atoms with van der Waals surface area (Å²) in [4.78, 5) is 13.7. The van der Waals surface area contributed by atoms with Crippen LogP contribution in [-0.4, -0.2) is 17.6 Å². The number of anilines is 1. The number of aliphatic carboxylic acids is 1. The Morgan fingerprint density at radius 1 is 1.14 bits per heavy atom. The van der Waals surface area contributed by atoms with Gasteiger partial charge in [-0.05, 0) is 42.2 Å². The monoisotopic (exact) mass is 285 g/mol. The molecule has 1 aliphatic rings. The highest BCUT2D eigenvalue weighted by Gasteiger charge is 2.30. The Morgan fingerprint density at radius 2 is 1.86 bits per heavy atom. The third kappa shape index (κ3) is 2.61. The summed E-state index contributed by atoms with van der Waals surface area (Å²) >= 11 is 0. The van der Waals surface area contributed by atoms with Gasteiger partial charge >= 0.3 is 5.97 Å². The number of hydrogen-bond acceptors (Lipinski definition) is 2. The summed E-state index contributed by atoms with van der Waals surface area (Å²) < 4.78 is 13.1. The molecule has 4 heteroatoms. The third-order valence-electron chi connectivity index (χ3n) is 3.88. The van der Waals surface area contributed by atoms with E-state index in [1.807, 2.05) is 29.2 Å². The number of carboxylic acid groups (broad SMARTS) is 1. The summed E-state index contributed by atoms with van der Waals surface area (Å²) in [6.07, 6.45) is 1.88. The van der Waals surface area contributed by atoms with Crippen LogP contribution in [-0.2, 0) is 11.2 Å². The van der Waals surface area contributed by atoms with Gasteiger partial charge in [-0.3, -0.25) is 0 Å². The third-order valence-corrected chi connectivity index (χ3v) is 3.88. The van der Waals surface area contributed by atoms with Gasteiger partial charge in [-0.15, -0.1) is 0 Å². The first-order valence-electron chi connectivity index (χ1n) is 6.99. The number of benzene rings is 2. The van der Waals surface area contributed by atoms with Gasteiger partial charge in [0.25, 0.3) is 0 Å². The number of rotatable bonds is 3. The van der Waals surface area contributed by atoms with E-state index in [4.69, 9.17) is 0 Å². The van der Waals surface area contributed by atoms with Crippen molar-refractivity contribution in [3.05, 3.63) is 65.5 Å². The number of para-hydroxylation sites is 1. The number of aryl methyl sites for hydroxylation is 1. The lowest BCUT2D eigenvalue weighted by Crippen LogP contribution is -2.37. The van der Waals surface area contributed by atoms with Gasteiger partial charge < -0.3 is 10.0 Å². The van der Waals surface area contributed by atoms with Gasteiger partial charge in [-0.25, -0.2) is 9.18 Å². The van der Waals surface area contributed by atoms with Gasteiger partial charge in [-0.2, -0.15) is 0 Å². The van der Waals surface area contributed by atoms with Crippen molar-refractivity contribution >= 4 is 11.7 Å². The smallest absolute Gasteiger partial charge is 0.331 e. The molecule has 1 heterocycles. The van der Waals surface area contributed by atoms with Crippen LogP contribution in [0.25, 0.3) is 0 Å². The van der Waals surface area contributed by atoms with Crippen LogP contribution in [0.5, 0.6) is 0 Å². The number of halogens is 1. The Morgan fingerprint density at radius 3 is 2.57 bits per heavy atom. The molecular formula is C17H16FNO2. The van der Waals surface area contributed by atoms with E-state index in [1.165, 1.54) is 12.1 Å².